The first kappa shape index (κ1) is 15.0. The van der Waals surface area contributed by atoms with Gasteiger partial charge in [-0.15, -0.1) is 0 Å². The summed E-state index contributed by atoms with van der Waals surface area (Å²) in [7, 11) is 0. The van der Waals surface area contributed by atoms with Crippen LogP contribution in [0.1, 0.15) is 42.9 Å². The van der Waals surface area contributed by atoms with Crippen LogP contribution in [0, 0.1) is 13.8 Å². The van der Waals surface area contributed by atoms with Gasteiger partial charge in [-0.05, 0) is 61.9 Å². The topological polar surface area (TPSA) is 66.5 Å². The second kappa shape index (κ2) is 6.76. The zero-order valence-corrected chi connectivity index (χ0v) is 11.6. The van der Waals surface area contributed by atoms with Crippen LogP contribution in [-0.4, -0.2) is 22.4 Å². The van der Waals surface area contributed by atoms with Crippen molar-refractivity contribution in [3.63, 3.8) is 0 Å². The summed E-state index contributed by atoms with van der Waals surface area (Å²) < 4.78 is 0. The summed E-state index contributed by atoms with van der Waals surface area (Å²) >= 11 is 0. The summed E-state index contributed by atoms with van der Waals surface area (Å²) in [4.78, 5) is 0. The Morgan fingerprint density at radius 2 is 1.72 bits per heavy atom. The lowest BCUT2D eigenvalue weighted by atomic mass is 9.94. The van der Waals surface area contributed by atoms with Crippen LogP contribution in [0.15, 0.2) is 12.1 Å². The van der Waals surface area contributed by atoms with E-state index in [4.69, 9.17) is 5.73 Å². The highest BCUT2D eigenvalue weighted by Gasteiger charge is 2.15. The van der Waals surface area contributed by atoms with Gasteiger partial charge in [0, 0.05) is 6.04 Å². The van der Waals surface area contributed by atoms with Crippen molar-refractivity contribution >= 4 is 0 Å². The number of phenolic OH excluding ortho intramolecular Hbond substituents is 1. The van der Waals surface area contributed by atoms with Gasteiger partial charge in [0.05, 0.1) is 6.10 Å². The summed E-state index contributed by atoms with van der Waals surface area (Å²) in [6, 6.07) is 3.40. The van der Waals surface area contributed by atoms with Crippen LogP contribution in [-0.2, 0) is 6.42 Å². The zero-order valence-electron chi connectivity index (χ0n) is 11.6. The Labute approximate surface area is 110 Å². The Kier molecular flexibility index (Phi) is 5.63. The smallest absolute Gasteiger partial charge is 0.116 e. The minimum absolute atomic E-state index is 0.132. The van der Waals surface area contributed by atoms with E-state index in [2.05, 4.69) is 6.92 Å². The highest BCUT2D eigenvalue weighted by Crippen LogP contribution is 2.22. The van der Waals surface area contributed by atoms with Gasteiger partial charge in [-0.1, -0.05) is 13.3 Å². The molecule has 0 saturated carbocycles. The first-order valence-corrected chi connectivity index (χ1v) is 6.68. The quantitative estimate of drug-likeness (QED) is 0.727. The van der Waals surface area contributed by atoms with Crippen molar-refractivity contribution in [2.45, 2.75) is 58.6 Å². The summed E-state index contributed by atoms with van der Waals surface area (Å²) in [5.41, 5.74) is 9.25. The van der Waals surface area contributed by atoms with E-state index < -0.39 is 6.10 Å². The molecule has 0 saturated heterocycles. The lowest BCUT2D eigenvalue weighted by molar-refractivity contribution is 0.131. The molecule has 0 radical (unpaired) electrons. The van der Waals surface area contributed by atoms with Crippen molar-refractivity contribution in [3.8, 4) is 5.75 Å². The van der Waals surface area contributed by atoms with E-state index >= 15 is 0 Å². The Morgan fingerprint density at radius 3 is 2.22 bits per heavy atom. The Hall–Kier alpha value is -1.06. The molecule has 2 atom stereocenters. The lowest BCUT2D eigenvalue weighted by Crippen LogP contribution is -2.34. The van der Waals surface area contributed by atoms with Crippen LogP contribution in [0.2, 0.25) is 0 Å². The number of nitrogens with two attached hydrogens (primary N) is 1. The Bertz CT molecular complexity index is 367. The van der Waals surface area contributed by atoms with Crippen molar-refractivity contribution in [2.75, 3.05) is 0 Å². The van der Waals surface area contributed by atoms with Gasteiger partial charge in [0.1, 0.15) is 5.75 Å². The van der Waals surface area contributed by atoms with E-state index in [9.17, 15) is 10.2 Å². The highest BCUT2D eigenvalue weighted by molar-refractivity contribution is 5.40. The molecule has 1 aromatic rings. The van der Waals surface area contributed by atoms with E-state index in [0.29, 0.717) is 12.2 Å². The second-order valence-corrected chi connectivity index (χ2v) is 5.12. The zero-order chi connectivity index (χ0) is 13.7. The summed E-state index contributed by atoms with van der Waals surface area (Å²) in [5.74, 6) is 0.303. The summed E-state index contributed by atoms with van der Waals surface area (Å²) in [6.45, 7) is 6.04. The molecule has 0 heterocycles. The maximum absolute atomic E-state index is 9.97. The van der Waals surface area contributed by atoms with Crippen molar-refractivity contribution in [3.05, 3.63) is 28.8 Å². The largest absolute Gasteiger partial charge is 0.508 e. The van der Waals surface area contributed by atoms with Crippen LogP contribution in [0.5, 0.6) is 5.75 Å². The molecular weight excluding hydrogens is 226 g/mol. The van der Waals surface area contributed by atoms with Crippen LogP contribution in [0.4, 0.5) is 0 Å². The van der Waals surface area contributed by atoms with Crippen molar-refractivity contribution in [2.24, 2.45) is 5.73 Å². The van der Waals surface area contributed by atoms with Crippen LogP contribution in [0.3, 0.4) is 0 Å². The molecule has 3 nitrogen and oxygen atoms in total. The molecular formula is C15H25NO2. The first-order valence-electron chi connectivity index (χ1n) is 6.68. The van der Waals surface area contributed by atoms with Crippen LogP contribution < -0.4 is 5.73 Å². The molecule has 1 rings (SSSR count). The maximum atomic E-state index is 9.97. The molecule has 0 aliphatic carbocycles. The van der Waals surface area contributed by atoms with E-state index in [1.54, 1.807) is 12.1 Å². The molecule has 0 aliphatic rings. The standard InChI is InChI=1S/C15H25NO2/c1-4-5-14(16)15(18)7-6-13-10(2)8-12(17)9-11(13)3/h8-9,14-15,17-18H,4-7,16H2,1-3H3. The van der Waals surface area contributed by atoms with Crippen molar-refractivity contribution < 1.29 is 10.2 Å². The predicted molar refractivity (Wildman–Crippen MR) is 74.8 cm³/mol. The fraction of sp³-hybridized carbons (Fsp3) is 0.600. The molecule has 0 spiro atoms. The number of aromatic hydroxyl groups is 1. The molecule has 0 aromatic heterocycles. The van der Waals surface area contributed by atoms with E-state index in [0.717, 1.165) is 30.4 Å². The van der Waals surface area contributed by atoms with Gasteiger partial charge in [-0.25, -0.2) is 0 Å². The number of hydrogen-bond acceptors (Lipinski definition) is 3. The minimum Gasteiger partial charge on any atom is -0.508 e. The molecule has 3 heteroatoms. The molecule has 18 heavy (non-hydrogen) atoms. The average Bonchev–Trinajstić information content (AvgIpc) is 2.27. The molecule has 2 unspecified atom stereocenters. The van der Waals surface area contributed by atoms with Gasteiger partial charge in [0.25, 0.3) is 0 Å². The van der Waals surface area contributed by atoms with Crippen LogP contribution >= 0.6 is 0 Å². The Balaban J connectivity index is 2.63. The lowest BCUT2D eigenvalue weighted by Gasteiger charge is -2.19. The third kappa shape index (κ3) is 4.00. The third-order valence-electron chi connectivity index (χ3n) is 3.49. The molecule has 0 bridgehead atoms. The van der Waals surface area contributed by atoms with Gasteiger partial charge in [0.15, 0.2) is 0 Å². The van der Waals surface area contributed by atoms with Crippen molar-refractivity contribution in [1.29, 1.82) is 0 Å². The minimum atomic E-state index is -0.447. The third-order valence-corrected chi connectivity index (χ3v) is 3.49. The second-order valence-electron chi connectivity index (χ2n) is 5.12. The molecule has 4 N–H and O–H groups in total. The van der Waals surface area contributed by atoms with E-state index in [1.165, 1.54) is 5.56 Å². The summed E-state index contributed by atoms with van der Waals surface area (Å²) in [5, 5.41) is 19.5. The SMILES string of the molecule is CCCC(N)C(O)CCc1c(C)cc(O)cc1C. The monoisotopic (exact) mass is 251 g/mol. The van der Waals surface area contributed by atoms with Crippen molar-refractivity contribution in [1.82, 2.24) is 0 Å². The van der Waals surface area contributed by atoms with Gasteiger partial charge in [-0.3, -0.25) is 0 Å². The molecule has 0 amide bonds. The summed E-state index contributed by atoms with van der Waals surface area (Å²) in [6.07, 6.45) is 2.88. The molecule has 1 aromatic carbocycles. The fourth-order valence-corrected chi connectivity index (χ4v) is 2.40. The predicted octanol–water partition coefficient (Wildman–Crippen LogP) is 2.43. The van der Waals surface area contributed by atoms with Gasteiger partial charge < -0.3 is 15.9 Å². The molecule has 0 aliphatic heterocycles. The Morgan fingerprint density at radius 1 is 1.17 bits per heavy atom. The average molecular weight is 251 g/mol. The van der Waals surface area contributed by atoms with E-state index in [1.807, 2.05) is 13.8 Å². The van der Waals surface area contributed by atoms with E-state index in [-0.39, 0.29) is 6.04 Å². The van der Waals surface area contributed by atoms with Gasteiger partial charge in [-0.2, -0.15) is 0 Å². The number of aliphatic hydroxyl groups is 1. The van der Waals surface area contributed by atoms with Gasteiger partial charge >= 0.3 is 0 Å². The normalized spacial score (nSPS) is 14.5. The van der Waals surface area contributed by atoms with Crippen LogP contribution in [0.25, 0.3) is 0 Å². The number of benzene rings is 1. The number of phenols is 1. The first-order chi connectivity index (χ1) is 8.45. The fourth-order valence-electron chi connectivity index (χ4n) is 2.40. The highest BCUT2D eigenvalue weighted by atomic mass is 16.3. The molecule has 0 fully saturated rings. The number of aliphatic hydroxyl groups excluding tert-OH is 1. The maximum Gasteiger partial charge on any atom is 0.116 e. The number of rotatable bonds is 6. The number of hydrogen-bond donors (Lipinski definition) is 3. The van der Waals surface area contributed by atoms with Gasteiger partial charge in [0.2, 0.25) is 0 Å². The number of aryl methyl sites for hydroxylation is 2. The molecule has 102 valence electrons.